The fraction of sp³-hybridized carbons (Fsp3) is 1.00. The van der Waals surface area contributed by atoms with Gasteiger partial charge >= 0.3 is 0 Å². The van der Waals surface area contributed by atoms with Crippen molar-refractivity contribution in [1.82, 2.24) is 5.32 Å². The molecule has 0 aromatic rings. The van der Waals surface area contributed by atoms with Crippen LogP contribution in [0.5, 0.6) is 0 Å². The standard InChI is InChI=1S/C6H15N2.2BrH/c1-8(2)5-3-7-4-6-8;;/h7H,3-6H2,1-2H3;2*1H/q+1;;/p-1. The van der Waals surface area contributed by atoms with Crippen LogP contribution in [0, 0.1) is 0 Å². The first kappa shape index (κ1) is 13.5. The minimum atomic E-state index is 0. The lowest BCUT2D eigenvalue weighted by molar-refractivity contribution is -0.891. The summed E-state index contributed by atoms with van der Waals surface area (Å²) in [5.74, 6) is 0. The van der Waals surface area contributed by atoms with Crippen LogP contribution in [-0.2, 0) is 0 Å². The highest BCUT2D eigenvalue weighted by Gasteiger charge is 2.17. The molecule has 0 atom stereocenters. The average Bonchev–Trinajstić information content (AvgIpc) is 1.65. The van der Waals surface area contributed by atoms with Crippen LogP contribution in [-0.4, -0.2) is 44.8 Å². The van der Waals surface area contributed by atoms with Crippen molar-refractivity contribution in [1.29, 1.82) is 0 Å². The van der Waals surface area contributed by atoms with E-state index in [2.05, 4.69) is 19.4 Å². The molecule has 0 radical (unpaired) electrons. The molecule has 0 aliphatic carbocycles. The number of hydrogen-bond acceptors (Lipinski definition) is 1. The molecule has 4 heteroatoms. The summed E-state index contributed by atoms with van der Waals surface area (Å²) in [5, 5.41) is 3.32. The molecule has 64 valence electrons. The second kappa shape index (κ2) is 5.52. The third-order valence-electron chi connectivity index (χ3n) is 1.79. The molecule has 10 heavy (non-hydrogen) atoms. The lowest BCUT2D eigenvalue weighted by Crippen LogP contribution is -3.00. The zero-order valence-corrected chi connectivity index (χ0v) is 9.86. The van der Waals surface area contributed by atoms with Gasteiger partial charge in [-0.3, -0.25) is 0 Å². The third kappa shape index (κ3) is 4.66. The van der Waals surface area contributed by atoms with E-state index in [0.29, 0.717) is 0 Å². The Bertz CT molecular complexity index is 77.8. The predicted octanol–water partition coefficient (Wildman–Crippen LogP) is -2.75. The van der Waals surface area contributed by atoms with Crippen LogP contribution in [0.3, 0.4) is 0 Å². The van der Waals surface area contributed by atoms with Crippen molar-refractivity contribution >= 4 is 17.0 Å². The smallest absolute Gasteiger partial charge is 0.0909 e. The van der Waals surface area contributed by atoms with E-state index in [-0.39, 0.29) is 34.0 Å². The summed E-state index contributed by atoms with van der Waals surface area (Å²) in [6.45, 7) is 4.93. The van der Waals surface area contributed by atoms with Gasteiger partial charge in [0, 0.05) is 13.1 Å². The highest BCUT2D eigenvalue weighted by atomic mass is 79.9. The van der Waals surface area contributed by atoms with Gasteiger partial charge in [-0.15, -0.1) is 17.0 Å². The Hall–Kier alpha value is 0.880. The average molecular weight is 276 g/mol. The number of quaternary nitrogens is 1. The molecule has 0 aromatic carbocycles. The third-order valence-corrected chi connectivity index (χ3v) is 1.79. The Morgan fingerprint density at radius 3 is 1.70 bits per heavy atom. The van der Waals surface area contributed by atoms with Crippen molar-refractivity contribution < 1.29 is 21.5 Å². The number of rotatable bonds is 0. The molecular formula is C6H16Br2N2. The first-order chi connectivity index (χ1) is 3.71. The van der Waals surface area contributed by atoms with E-state index in [1.807, 2.05) is 0 Å². The van der Waals surface area contributed by atoms with Gasteiger partial charge in [0.15, 0.2) is 0 Å². The quantitative estimate of drug-likeness (QED) is 0.473. The normalized spacial score (nSPS) is 22.2. The lowest BCUT2D eigenvalue weighted by atomic mass is 10.3. The van der Waals surface area contributed by atoms with Gasteiger partial charge in [-0.25, -0.2) is 0 Å². The van der Waals surface area contributed by atoms with E-state index in [4.69, 9.17) is 0 Å². The van der Waals surface area contributed by atoms with Gasteiger partial charge in [0.1, 0.15) is 0 Å². The van der Waals surface area contributed by atoms with Gasteiger partial charge in [0.25, 0.3) is 0 Å². The summed E-state index contributed by atoms with van der Waals surface area (Å²) in [4.78, 5) is 0. The van der Waals surface area contributed by atoms with E-state index in [0.717, 1.165) is 0 Å². The summed E-state index contributed by atoms with van der Waals surface area (Å²) in [7, 11) is 4.56. The Kier molecular flexibility index (Phi) is 7.43. The van der Waals surface area contributed by atoms with Gasteiger partial charge in [0.05, 0.1) is 27.2 Å². The molecule has 0 saturated carbocycles. The Morgan fingerprint density at radius 2 is 1.50 bits per heavy atom. The molecule has 0 amide bonds. The summed E-state index contributed by atoms with van der Waals surface area (Å²) in [5.41, 5.74) is 0. The minimum absolute atomic E-state index is 0. The van der Waals surface area contributed by atoms with E-state index in [1.54, 1.807) is 0 Å². The van der Waals surface area contributed by atoms with Crippen LogP contribution in [0.25, 0.3) is 0 Å². The van der Waals surface area contributed by atoms with Crippen molar-refractivity contribution in [3.05, 3.63) is 0 Å². The fourth-order valence-corrected chi connectivity index (χ4v) is 1.00. The Balaban J connectivity index is 0. The van der Waals surface area contributed by atoms with E-state index in [1.165, 1.54) is 30.7 Å². The SMILES string of the molecule is Br.C[N+]1(C)CCNCC1.[Br-]. The van der Waals surface area contributed by atoms with E-state index < -0.39 is 0 Å². The minimum Gasteiger partial charge on any atom is -1.00 e. The zero-order chi connectivity index (χ0) is 6.04. The zero-order valence-electron chi connectivity index (χ0n) is 6.56. The van der Waals surface area contributed by atoms with Crippen molar-refractivity contribution in [3.8, 4) is 0 Å². The maximum atomic E-state index is 3.32. The van der Waals surface area contributed by atoms with Crippen molar-refractivity contribution in [2.45, 2.75) is 0 Å². The van der Waals surface area contributed by atoms with Crippen LogP contribution in [0.2, 0.25) is 0 Å². The molecule has 0 spiro atoms. The molecule has 1 fully saturated rings. The van der Waals surface area contributed by atoms with Crippen LogP contribution < -0.4 is 22.3 Å². The molecule has 1 aliphatic heterocycles. The van der Waals surface area contributed by atoms with E-state index >= 15 is 0 Å². The number of hydrogen-bond donors (Lipinski definition) is 1. The molecule has 2 nitrogen and oxygen atoms in total. The second-order valence-corrected chi connectivity index (χ2v) is 3.13. The first-order valence-electron chi connectivity index (χ1n) is 3.23. The highest BCUT2D eigenvalue weighted by Crippen LogP contribution is 1.96. The van der Waals surface area contributed by atoms with Gasteiger partial charge in [-0.2, -0.15) is 0 Å². The van der Waals surface area contributed by atoms with Gasteiger partial charge in [-0.1, -0.05) is 0 Å². The molecule has 1 N–H and O–H groups in total. The number of piperazine rings is 1. The predicted molar refractivity (Wildman–Crippen MR) is 45.0 cm³/mol. The topological polar surface area (TPSA) is 12.0 Å². The Morgan fingerprint density at radius 1 is 1.10 bits per heavy atom. The van der Waals surface area contributed by atoms with Crippen LogP contribution in [0.1, 0.15) is 0 Å². The van der Waals surface area contributed by atoms with Crippen molar-refractivity contribution in [3.63, 3.8) is 0 Å². The maximum Gasteiger partial charge on any atom is 0.0909 e. The van der Waals surface area contributed by atoms with Crippen LogP contribution in [0.15, 0.2) is 0 Å². The molecule has 0 bridgehead atoms. The number of nitrogens with zero attached hydrogens (tertiary/aromatic N) is 1. The summed E-state index contributed by atoms with van der Waals surface area (Å²) in [6, 6.07) is 0. The van der Waals surface area contributed by atoms with Gasteiger partial charge < -0.3 is 26.8 Å². The van der Waals surface area contributed by atoms with Crippen molar-refractivity contribution in [2.75, 3.05) is 40.3 Å². The number of halogens is 2. The fourth-order valence-electron chi connectivity index (χ4n) is 1.00. The monoisotopic (exact) mass is 274 g/mol. The number of nitrogens with one attached hydrogen (secondary N) is 1. The van der Waals surface area contributed by atoms with Crippen LogP contribution in [0.4, 0.5) is 0 Å². The first-order valence-corrected chi connectivity index (χ1v) is 3.23. The molecular weight excluding hydrogens is 260 g/mol. The molecule has 0 unspecified atom stereocenters. The van der Waals surface area contributed by atoms with E-state index in [9.17, 15) is 0 Å². The number of likely N-dealkylation sites (N-methyl/N-ethyl adjacent to an activating group) is 1. The molecule has 1 aliphatic rings. The molecule has 1 rings (SSSR count). The summed E-state index contributed by atoms with van der Waals surface area (Å²) >= 11 is 0. The summed E-state index contributed by atoms with van der Waals surface area (Å²) in [6.07, 6.45) is 0. The maximum absolute atomic E-state index is 3.32. The van der Waals surface area contributed by atoms with Gasteiger partial charge in [0.2, 0.25) is 0 Å². The van der Waals surface area contributed by atoms with Gasteiger partial charge in [-0.05, 0) is 0 Å². The molecule has 1 saturated heterocycles. The molecule has 0 aromatic heterocycles. The second-order valence-electron chi connectivity index (χ2n) is 3.13. The Labute approximate surface area is 84.1 Å². The highest BCUT2D eigenvalue weighted by molar-refractivity contribution is 8.93. The van der Waals surface area contributed by atoms with Crippen LogP contribution >= 0.6 is 17.0 Å². The summed E-state index contributed by atoms with van der Waals surface area (Å²) < 4.78 is 1.19. The lowest BCUT2D eigenvalue weighted by Gasteiger charge is -2.33. The van der Waals surface area contributed by atoms with Crippen molar-refractivity contribution in [2.24, 2.45) is 0 Å². The largest absolute Gasteiger partial charge is 1.00 e. The molecule has 1 heterocycles.